The van der Waals surface area contributed by atoms with Crippen LogP contribution < -0.4 is 10.4 Å². The van der Waals surface area contributed by atoms with Crippen LogP contribution in [0.1, 0.15) is 25.3 Å². The minimum Gasteiger partial charge on any atom is -0.492 e. The van der Waals surface area contributed by atoms with Gasteiger partial charge in [-0.1, -0.05) is 13.3 Å². The topological polar surface area (TPSA) is 39.4 Å². The zero-order chi connectivity index (χ0) is 13.1. The molecule has 1 aromatic carbocycles. The first kappa shape index (κ1) is 13.4. The summed E-state index contributed by atoms with van der Waals surface area (Å²) in [6.45, 7) is 4.72. The van der Waals surface area contributed by atoms with E-state index in [2.05, 4.69) is 29.5 Å². The molecule has 0 saturated heterocycles. The first-order valence-corrected chi connectivity index (χ1v) is 7.07. The molecule has 2 rings (SSSR count). The van der Waals surface area contributed by atoms with Crippen molar-refractivity contribution in [2.24, 2.45) is 0 Å². The fourth-order valence-corrected chi connectivity index (χ4v) is 2.51. The molecule has 1 heterocycles. The SMILES string of the molecule is CCCCOc1ccc2c(C)cc(=O)oc2c1I. The summed E-state index contributed by atoms with van der Waals surface area (Å²) in [4.78, 5) is 11.4. The molecule has 0 saturated carbocycles. The highest BCUT2D eigenvalue weighted by molar-refractivity contribution is 14.1. The fraction of sp³-hybridized carbons (Fsp3) is 0.357. The molecule has 96 valence electrons. The second-order valence-electron chi connectivity index (χ2n) is 4.20. The van der Waals surface area contributed by atoms with Crippen molar-refractivity contribution in [3.8, 4) is 5.75 Å². The van der Waals surface area contributed by atoms with Crippen LogP contribution >= 0.6 is 22.6 Å². The van der Waals surface area contributed by atoms with Crippen LogP contribution in [0, 0.1) is 10.5 Å². The maximum absolute atomic E-state index is 11.4. The summed E-state index contributed by atoms with van der Waals surface area (Å²) in [6, 6.07) is 5.39. The Hall–Kier alpha value is -1.04. The highest BCUT2D eigenvalue weighted by Crippen LogP contribution is 2.30. The predicted molar refractivity (Wildman–Crippen MR) is 80.3 cm³/mol. The monoisotopic (exact) mass is 358 g/mol. The molecule has 3 nitrogen and oxygen atoms in total. The molecule has 0 unspecified atom stereocenters. The normalized spacial score (nSPS) is 10.8. The van der Waals surface area contributed by atoms with Crippen molar-refractivity contribution in [1.29, 1.82) is 0 Å². The number of ether oxygens (including phenoxy) is 1. The minimum atomic E-state index is -0.316. The lowest BCUT2D eigenvalue weighted by molar-refractivity contribution is 0.307. The van der Waals surface area contributed by atoms with E-state index >= 15 is 0 Å². The Balaban J connectivity index is 2.46. The van der Waals surface area contributed by atoms with Crippen molar-refractivity contribution in [2.75, 3.05) is 6.61 Å². The molecule has 0 N–H and O–H groups in total. The number of hydrogen-bond acceptors (Lipinski definition) is 3. The molecule has 18 heavy (non-hydrogen) atoms. The van der Waals surface area contributed by atoms with Crippen molar-refractivity contribution in [2.45, 2.75) is 26.7 Å². The van der Waals surface area contributed by atoms with Gasteiger partial charge in [0, 0.05) is 11.5 Å². The summed E-state index contributed by atoms with van der Waals surface area (Å²) < 4.78 is 11.8. The highest BCUT2D eigenvalue weighted by atomic mass is 127. The lowest BCUT2D eigenvalue weighted by Crippen LogP contribution is -2.02. The van der Waals surface area contributed by atoms with Gasteiger partial charge in [0.15, 0.2) is 5.58 Å². The van der Waals surface area contributed by atoms with E-state index in [4.69, 9.17) is 9.15 Å². The summed E-state index contributed by atoms with van der Waals surface area (Å²) in [5.41, 5.74) is 1.23. The van der Waals surface area contributed by atoms with E-state index in [0.29, 0.717) is 12.2 Å². The zero-order valence-corrected chi connectivity index (χ0v) is 12.6. The summed E-state index contributed by atoms with van der Waals surface area (Å²) in [6.07, 6.45) is 2.12. The average Bonchev–Trinajstić information content (AvgIpc) is 2.33. The molecular weight excluding hydrogens is 343 g/mol. The van der Waals surface area contributed by atoms with Crippen molar-refractivity contribution >= 4 is 33.6 Å². The van der Waals surface area contributed by atoms with Crippen molar-refractivity contribution in [3.63, 3.8) is 0 Å². The second kappa shape index (κ2) is 5.73. The lowest BCUT2D eigenvalue weighted by atomic mass is 10.1. The molecule has 0 spiro atoms. The number of hydrogen-bond donors (Lipinski definition) is 0. The van der Waals surface area contributed by atoms with Crippen LogP contribution in [0.2, 0.25) is 0 Å². The highest BCUT2D eigenvalue weighted by Gasteiger charge is 2.10. The van der Waals surface area contributed by atoms with Gasteiger partial charge in [-0.2, -0.15) is 0 Å². The van der Waals surface area contributed by atoms with Crippen molar-refractivity contribution in [1.82, 2.24) is 0 Å². The standard InChI is InChI=1S/C14H15IO3/c1-3-4-7-17-11-6-5-10-9(2)8-12(16)18-14(10)13(11)15/h5-6,8H,3-4,7H2,1-2H3. The van der Waals surface area contributed by atoms with Crippen molar-refractivity contribution in [3.05, 3.63) is 37.8 Å². The van der Waals surface area contributed by atoms with E-state index in [1.54, 1.807) is 0 Å². The molecule has 0 fully saturated rings. The molecule has 0 aliphatic rings. The number of rotatable bonds is 4. The average molecular weight is 358 g/mol. The van der Waals surface area contributed by atoms with Crippen LogP contribution in [-0.2, 0) is 0 Å². The largest absolute Gasteiger partial charge is 0.492 e. The van der Waals surface area contributed by atoms with Gasteiger partial charge in [0.25, 0.3) is 0 Å². The Bertz CT molecular complexity index is 616. The number of benzene rings is 1. The minimum absolute atomic E-state index is 0.316. The fourth-order valence-electron chi connectivity index (χ4n) is 1.77. The van der Waals surface area contributed by atoms with Crippen LogP contribution in [0.4, 0.5) is 0 Å². The number of halogens is 1. The first-order valence-electron chi connectivity index (χ1n) is 5.99. The van der Waals surface area contributed by atoms with Gasteiger partial charge in [0.2, 0.25) is 0 Å². The quantitative estimate of drug-likeness (QED) is 0.473. The number of fused-ring (bicyclic) bond motifs is 1. The summed E-state index contributed by atoms with van der Waals surface area (Å²) in [7, 11) is 0. The Morgan fingerprint density at radius 2 is 2.17 bits per heavy atom. The van der Waals surface area contributed by atoms with Crippen molar-refractivity contribution < 1.29 is 9.15 Å². The zero-order valence-electron chi connectivity index (χ0n) is 10.5. The molecule has 0 atom stereocenters. The van der Waals surface area contributed by atoms with Gasteiger partial charge in [-0.15, -0.1) is 0 Å². The van der Waals surface area contributed by atoms with Gasteiger partial charge in [0.1, 0.15) is 5.75 Å². The molecule has 4 heteroatoms. The predicted octanol–water partition coefficient (Wildman–Crippen LogP) is 3.88. The maximum atomic E-state index is 11.4. The second-order valence-corrected chi connectivity index (χ2v) is 5.28. The number of aryl methyl sites for hydroxylation is 1. The van der Waals surface area contributed by atoms with Crippen LogP contribution in [0.25, 0.3) is 11.0 Å². The van der Waals surface area contributed by atoms with Gasteiger partial charge in [0.05, 0.1) is 10.2 Å². The number of unbranched alkanes of at least 4 members (excludes halogenated alkanes) is 1. The molecular formula is C14H15IO3. The van der Waals surface area contributed by atoms with Gasteiger partial charge in [-0.3, -0.25) is 0 Å². The Morgan fingerprint density at radius 1 is 1.39 bits per heavy atom. The van der Waals surface area contributed by atoms with Crippen LogP contribution in [0.3, 0.4) is 0 Å². The van der Waals surface area contributed by atoms with Gasteiger partial charge >= 0.3 is 5.63 Å². The molecule has 0 radical (unpaired) electrons. The molecule has 0 amide bonds. The summed E-state index contributed by atoms with van der Waals surface area (Å²) in [5, 5.41) is 0.960. The van der Waals surface area contributed by atoms with E-state index in [0.717, 1.165) is 33.1 Å². The summed E-state index contributed by atoms with van der Waals surface area (Å²) >= 11 is 2.17. The lowest BCUT2D eigenvalue weighted by Gasteiger charge is -2.09. The first-order chi connectivity index (χ1) is 8.63. The third-order valence-electron chi connectivity index (χ3n) is 2.78. The Morgan fingerprint density at radius 3 is 2.89 bits per heavy atom. The van der Waals surface area contributed by atoms with E-state index in [-0.39, 0.29) is 5.63 Å². The van der Waals surface area contributed by atoms with Crippen LogP contribution in [0.15, 0.2) is 27.4 Å². The van der Waals surface area contributed by atoms with E-state index < -0.39 is 0 Å². The molecule has 0 aliphatic carbocycles. The third-order valence-corrected chi connectivity index (χ3v) is 3.80. The van der Waals surface area contributed by atoms with Gasteiger partial charge in [-0.25, -0.2) is 4.79 Å². The molecule has 2 aromatic rings. The molecule has 1 aromatic heterocycles. The van der Waals surface area contributed by atoms with Crippen LogP contribution in [-0.4, -0.2) is 6.61 Å². The molecule has 0 aliphatic heterocycles. The van der Waals surface area contributed by atoms with Gasteiger partial charge < -0.3 is 9.15 Å². The van der Waals surface area contributed by atoms with E-state index in [1.165, 1.54) is 6.07 Å². The van der Waals surface area contributed by atoms with Crippen LogP contribution in [0.5, 0.6) is 5.75 Å². The molecule has 0 bridgehead atoms. The smallest absolute Gasteiger partial charge is 0.336 e. The van der Waals surface area contributed by atoms with E-state index in [9.17, 15) is 4.79 Å². The summed E-state index contributed by atoms with van der Waals surface area (Å²) in [5.74, 6) is 0.783. The maximum Gasteiger partial charge on any atom is 0.336 e. The third kappa shape index (κ3) is 2.68. The van der Waals surface area contributed by atoms with E-state index in [1.807, 2.05) is 19.1 Å². The van der Waals surface area contributed by atoms with Gasteiger partial charge in [-0.05, 0) is 53.6 Å². The Kier molecular flexibility index (Phi) is 4.27. The Labute approximate surface area is 119 Å².